The molecule has 1 atom stereocenters. The third kappa shape index (κ3) is 1.21. The van der Waals surface area contributed by atoms with Gasteiger partial charge in [-0.05, 0) is 5.57 Å². The monoisotopic (exact) mass is 189 g/mol. The maximum Gasteiger partial charge on any atom is 0.337 e. The van der Waals surface area contributed by atoms with Crippen molar-refractivity contribution in [1.29, 1.82) is 0 Å². The van der Waals surface area contributed by atoms with E-state index >= 15 is 0 Å². The van der Waals surface area contributed by atoms with Gasteiger partial charge < -0.3 is 5.11 Å². The van der Waals surface area contributed by atoms with Crippen LogP contribution < -0.4 is 0 Å². The molecule has 1 N–H and O–H groups in total. The highest BCUT2D eigenvalue weighted by molar-refractivity contribution is 6.15. The number of hydrogen-bond acceptors (Lipinski definition) is 2. The van der Waals surface area contributed by atoms with Crippen molar-refractivity contribution in [2.75, 3.05) is 0 Å². The molecule has 0 aromatic heterocycles. The lowest BCUT2D eigenvalue weighted by atomic mass is 9.88. The summed E-state index contributed by atoms with van der Waals surface area (Å²) >= 11 is 0. The van der Waals surface area contributed by atoms with Gasteiger partial charge in [0.2, 0.25) is 0 Å². The topological polar surface area (TPSA) is 66.7 Å². The third-order valence-electron chi connectivity index (χ3n) is 2.15. The number of amides is 1. The van der Waals surface area contributed by atoms with Gasteiger partial charge in [0.05, 0.1) is 11.5 Å². The van der Waals surface area contributed by atoms with Crippen molar-refractivity contribution in [1.82, 2.24) is 0 Å². The van der Waals surface area contributed by atoms with E-state index in [1.54, 1.807) is 24.3 Å². The van der Waals surface area contributed by atoms with E-state index in [4.69, 9.17) is 5.11 Å². The molecule has 1 amide bonds. The molecule has 70 valence electrons. The van der Waals surface area contributed by atoms with E-state index in [0.29, 0.717) is 5.57 Å². The average Bonchev–Trinajstić information content (AvgIpc) is 2.18. The fourth-order valence-corrected chi connectivity index (χ4v) is 1.48. The molecule has 4 heteroatoms. The molecule has 1 unspecified atom stereocenters. The summed E-state index contributed by atoms with van der Waals surface area (Å²) in [5.41, 5.74) is 0.607. The van der Waals surface area contributed by atoms with E-state index in [1.165, 1.54) is 0 Å². The Kier molecular flexibility index (Phi) is 1.89. The minimum atomic E-state index is -1.05. The average molecular weight is 189 g/mol. The Morgan fingerprint density at radius 1 is 1.43 bits per heavy atom. The second kappa shape index (κ2) is 3.06. The summed E-state index contributed by atoms with van der Waals surface area (Å²) in [5.74, 6) is -1.89. The van der Waals surface area contributed by atoms with Gasteiger partial charge in [-0.15, -0.1) is 0 Å². The van der Waals surface area contributed by atoms with Gasteiger partial charge in [-0.2, -0.15) is 0 Å². The molecule has 1 aliphatic heterocycles. The van der Waals surface area contributed by atoms with Gasteiger partial charge in [0.15, 0.2) is 0 Å². The largest absolute Gasteiger partial charge is 0.478 e. The quantitative estimate of drug-likeness (QED) is 0.660. The molecule has 0 radical (unpaired) electrons. The number of aliphatic imine (C=N–C) groups is 1. The van der Waals surface area contributed by atoms with Gasteiger partial charge in [0.1, 0.15) is 0 Å². The summed E-state index contributed by atoms with van der Waals surface area (Å²) in [6, 6.07) is 0. The fourth-order valence-electron chi connectivity index (χ4n) is 1.48. The van der Waals surface area contributed by atoms with Crippen LogP contribution in [0.4, 0.5) is 0 Å². The number of fused-ring (bicyclic) bond motifs is 1. The van der Waals surface area contributed by atoms with Crippen molar-refractivity contribution >= 4 is 18.1 Å². The van der Waals surface area contributed by atoms with Crippen LogP contribution in [-0.2, 0) is 9.59 Å². The molecule has 2 aliphatic rings. The van der Waals surface area contributed by atoms with Crippen LogP contribution in [0.2, 0.25) is 0 Å². The van der Waals surface area contributed by atoms with Crippen molar-refractivity contribution in [2.45, 2.75) is 0 Å². The first-order valence-corrected chi connectivity index (χ1v) is 4.10. The van der Waals surface area contributed by atoms with Gasteiger partial charge in [-0.1, -0.05) is 24.3 Å². The molecule has 1 aliphatic carbocycles. The summed E-state index contributed by atoms with van der Waals surface area (Å²) in [5, 5.41) is 8.85. The zero-order valence-electron chi connectivity index (χ0n) is 7.18. The van der Waals surface area contributed by atoms with Crippen LogP contribution in [0.1, 0.15) is 0 Å². The Labute approximate surface area is 80.0 Å². The highest BCUT2D eigenvalue weighted by Gasteiger charge is 2.28. The molecule has 14 heavy (non-hydrogen) atoms. The van der Waals surface area contributed by atoms with Gasteiger partial charge in [-0.3, -0.25) is 4.79 Å². The maximum atomic E-state index is 11.3. The minimum Gasteiger partial charge on any atom is -0.478 e. The predicted molar refractivity (Wildman–Crippen MR) is 49.9 cm³/mol. The second-order valence-corrected chi connectivity index (χ2v) is 2.99. The van der Waals surface area contributed by atoms with Crippen LogP contribution in [0.3, 0.4) is 0 Å². The lowest BCUT2D eigenvalue weighted by molar-refractivity contribution is -0.132. The smallest absolute Gasteiger partial charge is 0.337 e. The van der Waals surface area contributed by atoms with Crippen molar-refractivity contribution in [3.05, 3.63) is 35.5 Å². The van der Waals surface area contributed by atoms with Crippen LogP contribution >= 0.6 is 0 Å². The van der Waals surface area contributed by atoms with Crippen LogP contribution in [0.15, 0.2) is 40.4 Å². The van der Waals surface area contributed by atoms with Crippen LogP contribution in [-0.4, -0.2) is 23.2 Å². The summed E-state index contributed by atoms with van der Waals surface area (Å²) in [6.07, 6.45) is 7.82. The SMILES string of the molecule is O=C(O)C1=C2C=CC=CC2C(=O)N=C1. The molecule has 0 aromatic carbocycles. The van der Waals surface area contributed by atoms with Gasteiger partial charge >= 0.3 is 5.97 Å². The summed E-state index contributed by atoms with van der Waals surface area (Å²) < 4.78 is 0. The first kappa shape index (κ1) is 8.62. The number of dihydropyridines is 1. The minimum absolute atomic E-state index is 0.0928. The van der Waals surface area contributed by atoms with Gasteiger partial charge in [0.25, 0.3) is 5.91 Å². The first-order valence-electron chi connectivity index (χ1n) is 4.10. The van der Waals surface area contributed by atoms with Gasteiger partial charge in [-0.25, -0.2) is 9.79 Å². The highest BCUT2D eigenvalue weighted by Crippen LogP contribution is 2.26. The highest BCUT2D eigenvalue weighted by atomic mass is 16.4. The molecule has 0 saturated heterocycles. The Morgan fingerprint density at radius 2 is 2.21 bits per heavy atom. The Bertz CT molecular complexity index is 427. The number of hydrogen-bond donors (Lipinski definition) is 1. The zero-order valence-corrected chi connectivity index (χ0v) is 7.18. The number of carboxylic acids is 1. The summed E-state index contributed by atoms with van der Waals surface area (Å²) in [6.45, 7) is 0. The van der Waals surface area contributed by atoms with Crippen molar-refractivity contribution in [3.8, 4) is 0 Å². The molecule has 0 spiro atoms. The van der Waals surface area contributed by atoms with E-state index in [9.17, 15) is 9.59 Å². The number of nitrogens with zero attached hydrogens (tertiary/aromatic N) is 1. The molecule has 4 nitrogen and oxygen atoms in total. The Hall–Kier alpha value is -1.97. The second-order valence-electron chi connectivity index (χ2n) is 2.99. The van der Waals surface area contributed by atoms with E-state index in [1.807, 2.05) is 0 Å². The molecule has 2 rings (SSSR count). The van der Waals surface area contributed by atoms with Crippen molar-refractivity contribution < 1.29 is 14.7 Å². The molecule has 1 heterocycles. The number of carbonyl (C=O) groups excluding carboxylic acids is 1. The molecular weight excluding hydrogens is 182 g/mol. The predicted octanol–water partition coefficient (Wildman–Crippen LogP) is 0.721. The third-order valence-corrected chi connectivity index (χ3v) is 2.15. The lowest BCUT2D eigenvalue weighted by Gasteiger charge is -2.18. The standard InChI is InChI=1S/C10H7NO3/c12-9-7-4-2-1-3-6(7)8(5-11-9)10(13)14/h1-5,7H,(H,13,14). The lowest BCUT2D eigenvalue weighted by Crippen LogP contribution is -2.22. The number of rotatable bonds is 1. The number of carbonyl (C=O) groups is 2. The summed E-state index contributed by atoms with van der Waals surface area (Å²) in [4.78, 5) is 25.6. The number of carboxylic acid groups (broad SMARTS) is 1. The van der Waals surface area contributed by atoms with Crippen molar-refractivity contribution in [3.63, 3.8) is 0 Å². The first-order chi connectivity index (χ1) is 6.70. The van der Waals surface area contributed by atoms with E-state index in [-0.39, 0.29) is 11.5 Å². The van der Waals surface area contributed by atoms with E-state index in [2.05, 4.69) is 4.99 Å². The number of aliphatic carboxylic acids is 1. The maximum absolute atomic E-state index is 11.3. The zero-order chi connectivity index (χ0) is 10.1. The van der Waals surface area contributed by atoms with Crippen LogP contribution in [0, 0.1) is 5.92 Å². The van der Waals surface area contributed by atoms with Crippen LogP contribution in [0.25, 0.3) is 0 Å². The summed E-state index contributed by atoms with van der Waals surface area (Å²) in [7, 11) is 0. The molecular formula is C10H7NO3. The Morgan fingerprint density at radius 3 is 2.93 bits per heavy atom. The molecule has 0 bridgehead atoms. The Balaban J connectivity index is 2.55. The van der Waals surface area contributed by atoms with E-state index in [0.717, 1.165) is 6.21 Å². The fraction of sp³-hybridized carbons (Fsp3) is 0.100. The normalized spacial score (nSPS) is 24.0. The number of allylic oxidation sites excluding steroid dienone is 3. The molecule has 0 saturated carbocycles. The van der Waals surface area contributed by atoms with Crippen LogP contribution in [0.5, 0.6) is 0 Å². The molecule has 0 fully saturated rings. The van der Waals surface area contributed by atoms with Gasteiger partial charge in [0, 0.05) is 6.21 Å². The molecule has 0 aromatic rings. The van der Waals surface area contributed by atoms with Crippen molar-refractivity contribution in [2.24, 2.45) is 10.9 Å². The van der Waals surface area contributed by atoms with E-state index < -0.39 is 11.9 Å².